The van der Waals surface area contributed by atoms with Crippen LogP contribution in [0.1, 0.15) is 5.56 Å². The van der Waals surface area contributed by atoms with Crippen molar-refractivity contribution in [2.24, 2.45) is 5.11 Å². The molecule has 0 saturated heterocycles. The van der Waals surface area contributed by atoms with E-state index in [1.807, 2.05) is 24.3 Å². The fourth-order valence-corrected chi connectivity index (χ4v) is 0.984. The van der Waals surface area contributed by atoms with Crippen LogP contribution in [0, 0.1) is 0 Å². The summed E-state index contributed by atoms with van der Waals surface area (Å²) in [6, 6.07) is 7.53. The molecule has 0 bridgehead atoms. The summed E-state index contributed by atoms with van der Waals surface area (Å²) in [4.78, 5) is 3.52. The molecule has 0 fully saturated rings. The first-order chi connectivity index (χ1) is 5.34. The zero-order valence-corrected chi connectivity index (χ0v) is 6.70. The van der Waals surface area contributed by atoms with Crippen LogP contribution >= 0.6 is 12.6 Å². The van der Waals surface area contributed by atoms with Gasteiger partial charge in [0.15, 0.2) is 0 Å². The van der Waals surface area contributed by atoms with Gasteiger partial charge in [0, 0.05) is 9.81 Å². The number of thiol groups is 1. The molecular formula is C7H7N3S. The largest absolute Gasteiger partial charge is 0.143 e. The second-order valence-electron chi connectivity index (χ2n) is 2.02. The van der Waals surface area contributed by atoms with Gasteiger partial charge in [0.25, 0.3) is 0 Å². The standard InChI is InChI=1S/C7H7N3S/c8-10-9-5-6-3-1-2-4-7(6)11/h1-4,11H,5H2. The van der Waals surface area contributed by atoms with E-state index < -0.39 is 0 Å². The van der Waals surface area contributed by atoms with Gasteiger partial charge in [-0.3, -0.25) is 0 Å². The molecule has 0 aromatic heterocycles. The lowest BCUT2D eigenvalue weighted by atomic mass is 10.2. The third-order valence-corrected chi connectivity index (χ3v) is 1.73. The molecule has 1 rings (SSSR count). The Bertz CT molecular complexity index is 291. The lowest BCUT2D eigenvalue weighted by molar-refractivity contribution is 1.01. The second-order valence-corrected chi connectivity index (χ2v) is 2.50. The minimum Gasteiger partial charge on any atom is -0.143 e. The molecule has 11 heavy (non-hydrogen) atoms. The molecule has 0 unspecified atom stereocenters. The van der Waals surface area contributed by atoms with Crippen LogP contribution in [0.25, 0.3) is 10.4 Å². The van der Waals surface area contributed by atoms with Crippen LogP contribution in [0.3, 0.4) is 0 Å². The molecule has 0 heterocycles. The number of benzene rings is 1. The van der Waals surface area contributed by atoms with Crippen LogP contribution in [-0.4, -0.2) is 0 Å². The van der Waals surface area contributed by atoms with Crippen molar-refractivity contribution in [3.8, 4) is 0 Å². The average Bonchev–Trinajstić information content (AvgIpc) is 2.03. The smallest absolute Gasteiger partial charge is 0.0521 e. The zero-order valence-electron chi connectivity index (χ0n) is 5.81. The fourth-order valence-electron chi connectivity index (χ4n) is 0.752. The van der Waals surface area contributed by atoms with Crippen LogP contribution in [0.2, 0.25) is 0 Å². The molecule has 0 radical (unpaired) electrons. The highest BCUT2D eigenvalue weighted by Crippen LogP contribution is 2.13. The van der Waals surface area contributed by atoms with Crippen molar-refractivity contribution in [1.29, 1.82) is 0 Å². The lowest BCUT2D eigenvalue weighted by Crippen LogP contribution is -1.80. The van der Waals surface area contributed by atoms with Crippen LogP contribution in [0.15, 0.2) is 34.3 Å². The Labute approximate surface area is 70.1 Å². The Morgan fingerprint density at radius 3 is 2.82 bits per heavy atom. The Morgan fingerprint density at radius 2 is 2.18 bits per heavy atom. The minimum atomic E-state index is 0.371. The minimum absolute atomic E-state index is 0.371. The summed E-state index contributed by atoms with van der Waals surface area (Å²) in [6.07, 6.45) is 0. The maximum Gasteiger partial charge on any atom is 0.0521 e. The van der Waals surface area contributed by atoms with Gasteiger partial charge in [-0.25, -0.2) is 0 Å². The summed E-state index contributed by atoms with van der Waals surface area (Å²) in [5, 5.41) is 3.43. The second kappa shape index (κ2) is 3.91. The van der Waals surface area contributed by atoms with E-state index in [1.165, 1.54) is 0 Å². The molecule has 56 valence electrons. The molecule has 0 atom stereocenters. The molecule has 0 N–H and O–H groups in total. The van der Waals surface area contributed by atoms with Crippen molar-refractivity contribution in [1.82, 2.24) is 0 Å². The van der Waals surface area contributed by atoms with Crippen LogP contribution in [-0.2, 0) is 6.54 Å². The first-order valence-corrected chi connectivity index (χ1v) is 3.57. The van der Waals surface area contributed by atoms with Gasteiger partial charge in [-0.2, -0.15) is 0 Å². The third-order valence-electron chi connectivity index (χ3n) is 1.30. The number of hydrogen-bond donors (Lipinski definition) is 1. The Kier molecular flexibility index (Phi) is 2.83. The van der Waals surface area contributed by atoms with E-state index in [9.17, 15) is 0 Å². The van der Waals surface area contributed by atoms with Crippen molar-refractivity contribution >= 4 is 12.6 Å². The maximum atomic E-state index is 8.05. The van der Waals surface area contributed by atoms with Gasteiger partial charge >= 0.3 is 0 Å². The summed E-state index contributed by atoms with van der Waals surface area (Å²) in [7, 11) is 0. The summed E-state index contributed by atoms with van der Waals surface area (Å²) in [5.74, 6) is 0. The zero-order chi connectivity index (χ0) is 8.10. The van der Waals surface area contributed by atoms with Crippen LogP contribution in [0.5, 0.6) is 0 Å². The van der Waals surface area contributed by atoms with Crippen molar-refractivity contribution in [2.45, 2.75) is 11.4 Å². The van der Waals surface area contributed by atoms with Gasteiger partial charge in [0.05, 0.1) is 6.54 Å². The van der Waals surface area contributed by atoms with Crippen molar-refractivity contribution < 1.29 is 0 Å². The Hall–Kier alpha value is -1.12. The highest BCUT2D eigenvalue weighted by Gasteiger charge is 1.93. The molecule has 4 heteroatoms. The monoisotopic (exact) mass is 165 g/mol. The number of rotatable bonds is 2. The fraction of sp³-hybridized carbons (Fsp3) is 0.143. The highest BCUT2D eigenvalue weighted by atomic mass is 32.1. The summed E-state index contributed by atoms with van der Waals surface area (Å²) >= 11 is 4.19. The molecular weight excluding hydrogens is 158 g/mol. The van der Waals surface area contributed by atoms with E-state index in [1.54, 1.807) is 0 Å². The van der Waals surface area contributed by atoms with E-state index in [0.29, 0.717) is 6.54 Å². The molecule has 0 spiro atoms. The van der Waals surface area contributed by atoms with Gasteiger partial charge in [-0.1, -0.05) is 23.3 Å². The quantitative estimate of drug-likeness (QED) is 0.303. The number of azide groups is 1. The molecule has 3 nitrogen and oxygen atoms in total. The third kappa shape index (κ3) is 2.18. The first-order valence-electron chi connectivity index (χ1n) is 3.12. The molecule has 1 aromatic carbocycles. The highest BCUT2D eigenvalue weighted by molar-refractivity contribution is 7.80. The Balaban J connectivity index is 2.85. The van der Waals surface area contributed by atoms with E-state index in [4.69, 9.17) is 5.53 Å². The first kappa shape index (κ1) is 7.98. The van der Waals surface area contributed by atoms with Gasteiger partial charge in [-0.05, 0) is 17.2 Å². The van der Waals surface area contributed by atoms with E-state index in [0.717, 1.165) is 10.5 Å². The predicted octanol–water partition coefficient (Wildman–Crippen LogP) is 2.79. The molecule has 0 amide bonds. The number of nitrogens with zero attached hydrogens (tertiary/aromatic N) is 3. The maximum absolute atomic E-state index is 8.05. The van der Waals surface area contributed by atoms with Gasteiger partial charge in [0.1, 0.15) is 0 Å². The summed E-state index contributed by atoms with van der Waals surface area (Å²) in [6.45, 7) is 0.371. The normalized spacial score (nSPS) is 8.82. The molecule has 1 aromatic rings. The Morgan fingerprint density at radius 1 is 1.45 bits per heavy atom. The summed E-state index contributed by atoms with van der Waals surface area (Å²) in [5.41, 5.74) is 9.00. The van der Waals surface area contributed by atoms with Gasteiger partial charge in [0.2, 0.25) is 0 Å². The average molecular weight is 165 g/mol. The van der Waals surface area contributed by atoms with Crippen LogP contribution in [0.4, 0.5) is 0 Å². The van der Waals surface area contributed by atoms with Crippen molar-refractivity contribution in [3.05, 3.63) is 40.3 Å². The van der Waals surface area contributed by atoms with E-state index in [2.05, 4.69) is 22.7 Å². The van der Waals surface area contributed by atoms with Gasteiger partial charge < -0.3 is 0 Å². The SMILES string of the molecule is [N-]=[N+]=NCc1ccccc1S. The lowest BCUT2D eigenvalue weighted by Gasteiger charge is -1.97. The van der Waals surface area contributed by atoms with E-state index >= 15 is 0 Å². The van der Waals surface area contributed by atoms with Crippen LogP contribution < -0.4 is 0 Å². The molecule has 0 aliphatic rings. The van der Waals surface area contributed by atoms with Gasteiger partial charge in [-0.15, -0.1) is 12.6 Å². The number of hydrogen-bond acceptors (Lipinski definition) is 2. The summed E-state index contributed by atoms with van der Waals surface area (Å²) < 4.78 is 0. The predicted molar refractivity (Wildman–Crippen MR) is 46.5 cm³/mol. The molecule has 0 saturated carbocycles. The van der Waals surface area contributed by atoms with Crippen molar-refractivity contribution in [2.75, 3.05) is 0 Å². The van der Waals surface area contributed by atoms with E-state index in [-0.39, 0.29) is 0 Å². The topological polar surface area (TPSA) is 48.8 Å². The molecule has 0 aliphatic heterocycles. The van der Waals surface area contributed by atoms with Crippen molar-refractivity contribution in [3.63, 3.8) is 0 Å². The molecule has 0 aliphatic carbocycles.